The summed E-state index contributed by atoms with van der Waals surface area (Å²) in [5, 5.41) is 54.4. The van der Waals surface area contributed by atoms with Crippen LogP contribution in [0, 0.1) is 0 Å². The van der Waals surface area contributed by atoms with E-state index in [0.717, 1.165) is 50.5 Å². The van der Waals surface area contributed by atoms with Crippen LogP contribution in [-0.4, -0.2) is 124 Å². The molecule has 61 heavy (non-hydrogen) atoms. The van der Waals surface area contributed by atoms with Crippen molar-refractivity contribution in [1.82, 2.24) is 0 Å². The standard InChI is InChI=1S/C45H74O16/c1-5-9-13-14-21-27-37(50)60-43-42(59-36(49)26-18-12-8-4)41(58-35(48)25-17-11-7-3)33(30-56-34(47)24-16-10-6-2)57-45(43)61-44(54)40(53)39(52)38(51)32(46)29-55-28-31-22-19-15-20-23-31/h15,19-20,22-23,32-33,38-46,51-54H,5-14,16-18,21,24-30H2,1-4H3/t32-,33-,38-,39+,40+,41-,42+,43+,44?,45?/m1/s1/i27D/t27?,32-,33-,38-,39+,40+,41-,42+,43+,44?,45?. The van der Waals surface area contributed by atoms with E-state index in [1.54, 1.807) is 24.3 Å². The van der Waals surface area contributed by atoms with E-state index in [0.29, 0.717) is 38.5 Å². The highest BCUT2D eigenvalue weighted by molar-refractivity contribution is 5.72. The number of aliphatic hydroxyl groups excluding tert-OH is 5. The van der Waals surface area contributed by atoms with Gasteiger partial charge < -0.3 is 58.7 Å². The van der Waals surface area contributed by atoms with Crippen LogP contribution >= 0.6 is 0 Å². The molecule has 0 radical (unpaired) electrons. The van der Waals surface area contributed by atoms with Crippen molar-refractivity contribution in [3.05, 3.63) is 35.9 Å². The molecule has 0 amide bonds. The first-order valence-electron chi connectivity index (χ1n) is 22.9. The number of esters is 4. The normalized spacial score (nSPS) is 22.2. The van der Waals surface area contributed by atoms with Gasteiger partial charge in [-0.25, -0.2) is 0 Å². The number of carbonyl (C=O) groups is 4. The summed E-state index contributed by atoms with van der Waals surface area (Å²) in [5.41, 5.74) is 0.776. The largest absolute Gasteiger partial charge is 0.463 e. The van der Waals surface area contributed by atoms with Crippen LogP contribution in [0.15, 0.2) is 30.3 Å². The molecule has 0 bridgehead atoms. The number of carbonyl (C=O) groups excluding carboxylic acids is 4. The van der Waals surface area contributed by atoms with Crippen molar-refractivity contribution in [1.29, 1.82) is 0 Å². The lowest BCUT2D eigenvalue weighted by atomic mass is 9.97. The Morgan fingerprint density at radius 1 is 0.623 bits per heavy atom. The van der Waals surface area contributed by atoms with Crippen LogP contribution in [0.4, 0.5) is 0 Å². The Hall–Kier alpha value is -3.22. The van der Waals surface area contributed by atoms with Gasteiger partial charge in [-0.05, 0) is 31.2 Å². The maximum atomic E-state index is 13.6. The fourth-order valence-electron chi connectivity index (χ4n) is 6.51. The third-order valence-electron chi connectivity index (χ3n) is 10.2. The Bertz CT molecular complexity index is 1390. The predicted molar refractivity (Wildman–Crippen MR) is 222 cm³/mol. The molecule has 1 fully saturated rings. The van der Waals surface area contributed by atoms with Gasteiger partial charge in [-0.3, -0.25) is 19.2 Å². The van der Waals surface area contributed by atoms with E-state index in [1.807, 2.05) is 33.8 Å². The molecule has 1 aromatic carbocycles. The van der Waals surface area contributed by atoms with Gasteiger partial charge in [0, 0.05) is 27.0 Å². The number of unbranched alkanes of at least 4 members (excludes halogenated alkanes) is 9. The van der Waals surface area contributed by atoms with Crippen LogP contribution in [0.5, 0.6) is 0 Å². The summed E-state index contributed by atoms with van der Waals surface area (Å²) in [7, 11) is 0. The molecule has 1 aromatic rings. The summed E-state index contributed by atoms with van der Waals surface area (Å²) in [4.78, 5) is 53.2. The Balaban J connectivity index is 2.51. The molecule has 16 nitrogen and oxygen atoms in total. The van der Waals surface area contributed by atoms with Crippen molar-refractivity contribution in [2.75, 3.05) is 13.2 Å². The summed E-state index contributed by atoms with van der Waals surface area (Å²) >= 11 is 0. The van der Waals surface area contributed by atoms with Crippen LogP contribution in [0.2, 0.25) is 0 Å². The summed E-state index contributed by atoms with van der Waals surface area (Å²) in [6.07, 6.45) is -11.6. The van der Waals surface area contributed by atoms with E-state index in [4.69, 9.17) is 34.5 Å². The minimum absolute atomic E-state index is 0.0315. The van der Waals surface area contributed by atoms with E-state index in [2.05, 4.69) is 0 Å². The maximum Gasteiger partial charge on any atom is 0.306 e. The summed E-state index contributed by atoms with van der Waals surface area (Å²) in [5.74, 6) is -3.16. The number of benzene rings is 1. The highest BCUT2D eigenvalue weighted by Crippen LogP contribution is 2.32. The molecule has 1 aliphatic rings. The Morgan fingerprint density at radius 3 is 1.74 bits per heavy atom. The van der Waals surface area contributed by atoms with Crippen molar-refractivity contribution in [2.45, 2.75) is 211 Å². The molecule has 1 aliphatic heterocycles. The van der Waals surface area contributed by atoms with Crippen molar-refractivity contribution in [3.8, 4) is 0 Å². The first kappa shape index (κ1) is 52.1. The summed E-state index contributed by atoms with van der Waals surface area (Å²) < 4.78 is 49.0. The average Bonchev–Trinajstić information content (AvgIpc) is 3.26. The zero-order chi connectivity index (χ0) is 45.9. The average molecular weight is 872 g/mol. The zero-order valence-corrected chi connectivity index (χ0v) is 36.6. The lowest BCUT2D eigenvalue weighted by Crippen LogP contribution is -2.64. The lowest BCUT2D eigenvalue weighted by molar-refractivity contribution is -0.349. The summed E-state index contributed by atoms with van der Waals surface area (Å²) in [6.45, 7) is 6.92. The van der Waals surface area contributed by atoms with Gasteiger partial charge in [-0.1, -0.05) is 122 Å². The van der Waals surface area contributed by atoms with Crippen LogP contribution < -0.4 is 0 Å². The number of hydrogen-bond acceptors (Lipinski definition) is 16. The Morgan fingerprint density at radius 2 is 1.15 bits per heavy atom. The van der Waals surface area contributed by atoms with Crippen LogP contribution in [-0.2, 0) is 58.9 Å². The zero-order valence-electron chi connectivity index (χ0n) is 37.6. The second kappa shape index (κ2) is 31.6. The quantitative estimate of drug-likeness (QED) is 0.0268. The number of hydrogen-bond donors (Lipinski definition) is 5. The van der Waals surface area contributed by atoms with Gasteiger partial charge in [0.25, 0.3) is 0 Å². The molecule has 3 unspecified atom stereocenters. The van der Waals surface area contributed by atoms with E-state index in [9.17, 15) is 44.7 Å². The molecule has 5 N–H and O–H groups in total. The number of aliphatic hydroxyl groups is 5. The highest BCUT2D eigenvalue weighted by Gasteiger charge is 2.54. The first-order valence-corrected chi connectivity index (χ1v) is 22.3. The third kappa shape index (κ3) is 21.1. The molecule has 350 valence electrons. The molecule has 0 aromatic heterocycles. The Kier molecular flexibility index (Phi) is 27.0. The molecule has 0 saturated carbocycles. The van der Waals surface area contributed by atoms with Gasteiger partial charge >= 0.3 is 23.9 Å². The van der Waals surface area contributed by atoms with Crippen LogP contribution in [0.3, 0.4) is 0 Å². The first-order chi connectivity index (χ1) is 29.8. The van der Waals surface area contributed by atoms with Crippen molar-refractivity contribution in [3.63, 3.8) is 0 Å². The van der Waals surface area contributed by atoms with Crippen molar-refractivity contribution >= 4 is 23.9 Å². The molecule has 0 aliphatic carbocycles. The fraction of sp³-hybridized carbons (Fsp3) is 0.778. The van der Waals surface area contributed by atoms with E-state index in [-0.39, 0.29) is 32.3 Å². The topological polar surface area (TPSA) is 234 Å². The predicted octanol–water partition coefficient (Wildman–Crippen LogP) is 5.09. The van der Waals surface area contributed by atoms with Gasteiger partial charge in [0.1, 0.15) is 37.1 Å². The second-order valence-electron chi connectivity index (χ2n) is 15.5. The monoisotopic (exact) mass is 872 g/mol. The third-order valence-corrected chi connectivity index (χ3v) is 10.2. The number of ether oxygens (including phenoxy) is 7. The molecule has 11 atom stereocenters. The minimum atomic E-state index is -2.43. The fourth-order valence-corrected chi connectivity index (χ4v) is 6.51. The van der Waals surface area contributed by atoms with Gasteiger partial charge in [-0.15, -0.1) is 0 Å². The van der Waals surface area contributed by atoms with Crippen molar-refractivity contribution in [2.24, 2.45) is 0 Å². The van der Waals surface area contributed by atoms with Gasteiger partial charge in [0.2, 0.25) is 6.29 Å². The molecule has 1 saturated heterocycles. The molecule has 0 spiro atoms. The molecule has 1 heterocycles. The smallest absolute Gasteiger partial charge is 0.306 e. The number of rotatable bonds is 33. The molecular formula is C45H74O16. The van der Waals surface area contributed by atoms with Gasteiger partial charge in [-0.2, -0.15) is 0 Å². The van der Waals surface area contributed by atoms with E-state index in [1.165, 1.54) is 0 Å². The molecule has 2 rings (SSSR count). The minimum Gasteiger partial charge on any atom is -0.463 e. The lowest BCUT2D eigenvalue weighted by Gasteiger charge is -2.45. The van der Waals surface area contributed by atoms with E-state index < -0.39 is 105 Å². The second-order valence-corrected chi connectivity index (χ2v) is 15.5. The Labute approximate surface area is 362 Å². The van der Waals surface area contributed by atoms with Crippen LogP contribution in [0.1, 0.15) is 150 Å². The van der Waals surface area contributed by atoms with Crippen molar-refractivity contribution < 1.29 is 79.2 Å². The highest BCUT2D eigenvalue weighted by atomic mass is 16.8. The maximum absolute atomic E-state index is 13.6. The van der Waals surface area contributed by atoms with Gasteiger partial charge in [0.15, 0.2) is 24.6 Å². The summed E-state index contributed by atoms with van der Waals surface area (Å²) in [6, 6.07) is 8.96. The molecular weight excluding hydrogens is 796 g/mol. The SMILES string of the molecule is [2H]C(CCCCCC)C(=O)O[C@@H]1C(OC(O)[C@@H](O)[C@@H](O)[C@H](O)[C@H](O)COCc2ccccc2)O[C@H](COC(=O)CCCCC)[C@@H](OC(=O)CCCCC)[C@@H]1OC(=O)CCCCC. The molecule has 16 heteroatoms. The van der Waals surface area contributed by atoms with Crippen LogP contribution in [0.25, 0.3) is 0 Å². The van der Waals surface area contributed by atoms with E-state index >= 15 is 0 Å². The van der Waals surface area contributed by atoms with Gasteiger partial charge in [0.05, 0.1) is 13.2 Å².